The summed E-state index contributed by atoms with van der Waals surface area (Å²) in [5.74, 6) is 0.423. The molecule has 6 heteroatoms. The van der Waals surface area contributed by atoms with E-state index in [4.69, 9.17) is 4.52 Å². The molecule has 0 fully saturated rings. The number of carbonyl (C=O) groups is 1. The van der Waals surface area contributed by atoms with E-state index in [-0.39, 0.29) is 5.91 Å². The van der Waals surface area contributed by atoms with Gasteiger partial charge in [0.15, 0.2) is 5.76 Å². The lowest BCUT2D eigenvalue weighted by Crippen LogP contribution is -2.13. The minimum atomic E-state index is -0.180. The van der Waals surface area contributed by atoms with Crippen molar-refractivity contribution in [3.63, 3.8) is 0 Å². The Morgan fingerprint density at radius 1 is 1.38 bits per heavy atom. The van der Waals surface area contributed by atoms with Crippen LogP contribution in [0.5, 0.6) is 0 Å². The van der Waals surface area contributed by atoms with Crippen molar-refractivity contribution in [2.45, 2.75) is 20.8 Å². The molecule has 0 aliphatic heterocycles. The van der Waals surface area contributed by atoms with Gasteiger partial charge in [-0.15, -0.1) is 0 Å². The summed E-state index contributed by atoms with van der Waals surface area (Å²) in [5, 5.41) is 8.27. The maximum absolute atomic E-state index is 11.9. The van der Waals surface area contributed by atoms with Crippen molar-refractivity contribution in [3.05, 3.63) is 28.1 Å². The molecule has 16 heavy (non-hydrogen) atoms. The second-order valence-electron chi connectivity index (χ2n) is 3.47. The molecule has 84 valence electrons. The van der Waals surface area contributed by atoms with Crippen LogP contribution in [-0.4, -0.2) is 15.4 Å². The second kappa shape index (κ2) is 4.05. The van der Waals surface area contributed by atoms with Gasteiger partial charge in [0.05, 0.1) is 11.3 Å². The van der Waals surface area contributed by atoms with Crippen molar-refractivity contribution in [2.24, 2.45) is 0 Å². The largest absolute Gasteiger partial charge is 0.359 e. The smallest absolute Gasteiger partial charge is 0.258 e. The van der Waals surface area contributed by atoms with Gasteiger partial charge >= 0.3 is 0 Å². The molecular weight excluding hydrogens is 226 g/mol. The number of nitrogens with one attached hydrogen (secondary N) is 1. The number of nitrogens with zero attached hydrogens (tertiary/aromatic N) is 2. The molecule has 0 radical (unpaired) electrons. The van der Waals surface area contributed by atoms with Crippen LogP contribution < -0.4 is 5.32 Å². The third-order valence-electron chi connectivity index (χ3n) is 2.27. The molecular formula is C10H11N3O2S. The van der Waals surface area contributed by atoms with Crippen LogP contribution in [0.1, 0.15) is 27.5 Å². The van der Waals surface area contributed by atoms with E-state index in [2.05, 4.69) is 14.8 Å². The molecule has 0 unspecified atom stereocenters. The lowest BCUT2D eigenvalue weighted by molar-refractivity contribution is 0.102. The summed E-state index contributed by atoms with van der Waals surface area (Å²) in [6, 6.07) is 0. The zero-order chi connectivity index (χ0) is 11.7. The first-order valence-corrected chi connectivity index (χ1v) is 5.58. The highest BCUT2D eigenvalue weighted by atomic mass is 32.1. The van der Waals surface area contributed by atoms with E-state index >= 15 is 0 Å². The van der Waals surface area contributed by atoms with Crippen molar-refractivity contribution in [3.8, 4) is 0 Å². The van der Waals surface area contributed by atoms with E-state index in [9.17, 15) is 4.79 Å². The van der Waals surface area contributed by atoms with Gasteiger partial charge in [-0.1, -0.05) is 5.16 Å². The molecule has 0 aromatic carbocycles. The van der Waals surface area contributed by atoms with E-state index < -0.39 is 0 Å². The quantitative estimate of drug-likeness (QED) is 0.870. The van der Waals surface area contributed by atoms with E-state index in [1.54, 1.807) is 26.2 Å². The minimum absolute atomic E-state index is 0.180. The summed E-state index contributed by atoms with van der Waals surface area (Å²) >= 11 is 1.27. The van der Waals surface area contributed by atoms with Crippen molar-refractivity contribution in [1.82, 2.24) is 9.53 Å². The average Bonchev–Trinajstić information content (AvgIpc) is 2.79. The zero-order valence-corrected chi connectivity index (χ0v) is 10.0. The molecule has 0 bridgehead atoms. The van der Waals surface area contributed by atoms with Crippen LogP contribution in [0.3, 0.4) is 0 Å². The van der Waals surface area contributed by atoms with E-state index in [1.165, 1.54) is 11.5 Å². The number of rotatable bonds is 2. The molecule has 1 amide bonds. The normalized spacial score (nSPS) is 10.4. The van der Waals surface area contributed by atoms with Crippen LogP contribution >= 0.6 is 11.5 Å². The summed E-state index contributed by atoms with van der Waals surface area (Å²) < 4.78 is 9.02. The van der Waals surface area contributed by atoms with Crippen LogP contribution in [0.15, 0.2) is 9.90 Å². The fourth-order valence-electron chi connectivity index (χ4n) is 1.35. The molecule has 2 aromatic heterocycles. The fourth-order valence-corrected chi connectivity index (χ4v) is 2.04. The number of anilines is 1. The Kier molecular flexibility index (Phi) is 2.74. The summed E-state index contributed by atoms with van der Waals surface area (Å²) in [4.78, 5) is 11.9. The number of hydrogen-bond donors (Lipinski definition) is 1. The number of aryl methyl sites for hydroxylation is 3. The number of amides is 1. The lowest BCUT2D eigenvalue weighted by Gasteiger charge is -2.02. The fraction of sp³-hybridized carbons (Fsp3) is 0.300. The maximum atomic E-state index is 11.9. The van der Waals surface area contributed by atoms with Gasteiger partial charge in [0, 0.05) is 5.38 Å². The molecule has 2 rings (SSSR count). The van der Waals surface area contributed by atoms with E-state index in [0.29, 0.717) is 22.7 Å². The second-order valence-corrected chi connectivity index (χ2v) is 4.10. The van der Waals surface area contributed by atoms with Gasteiger partial charge in [-0.3, -0.25) is 4.79 Å². The molecule has 0 aliphatic carbocycles. The average molecular weight is 237 g/mol. The number of hydrogen-bond acceptors (Lipinski definition) is 5. The Morgan fingerprint density at radius 2 is 2.12 bits per heavy atom. The van der Waals surface area contributed by atoms with Gasteiger partial charge in [0.25, 0.3) is 5.91 Å². The maximum Gasteiger partial charge on any atom is 0.258 e. The van der Waals surface area contributed by atoms with Gasteiger partial charge in [-0.25, -0.2) is 0 Å². The Bertz CT molecular complexity index is 510. The first kappa shape index (κ1) is 10.8. The summed E-state index contributed by atoms with van der Waals surface area (Å²) in [5.41, 5.74) is 2.63. The molecule has 0 spiro atoms. The predicted molar refractivity (Wildman–Crippen MR) is 60.8 cm³/mol. The Hall–Kier alpha value is -1.69. The molecule has 2 heterocycles. The van der Waals surface area contributed by atoms with Crippen molar-refractivity contribution in [2.75, 3.05) is 5.32 Å². The van der Waals surface area contributed by atoms with Crippen LogP contribution in [0, 0.1) is 20.8 Å². The SMILES string of the molecule is Cc1nscc1C(=O)Nc1c(C)noc1C. The van der Waals surface area contributed by atoms with E-state index in [0.717, 1.165) is 5.69 Å². The Labute approximate surface area is 96.6 Å². The van der Waals surface area contributed by atoms with Gasteiger partial charge < -0.3 is 9.84 Å². The standard InChI is InChI=1S/C10H11N3O2S/c1-5-8(4-16-13-5)10(14)11-9-6(2)12-15-7(9)3/h4H,1-3H3,(H,11,14). The summed E-state index contributed by atoms with van der Waals surface area (Å²) in [7, 11) is 0. The van der Waals surface area contributed by atoms with Crippen LogP contribution in [0.25, 0.3) is 0 Å². The highest BCUT2D eigenvalue weighted by Gasteiger charge is 2.16. The lowest BCUT2D eigenvalue weighted by atomic mass is 10.2. The van der Waals surface area contributed by atoms with Gasteiger partial charge in [-0.2, -0.15) is 4.37 Å². The first-order chi connectivity index (χ1) is 7.59. The van der Waals surface area contributed by atoms with Gasteiger partial charge in [-0.05, 0) is 32.3 Å². The third-order valence-corrected chi connectivity index (χ3v) is 2.99. The van der Waals surface area contributed by atoms with Gasteiger partial charge in [0.2, 0.25) is 0 Å². The van der Waals surface area contributed by atoms with E-state index in [1.807, 2.05) is 0 Å². The van der Waals surface area contributed by atoms with Crippen LogP contribution in [0.2, 0.25) is 0 Å². The topological polar surface area (TPSA) is 68.0 Å². The Morgan fingerprint density at radius 3 is 2.62 bits per heavy atom. The van der Waals surface area contributed by atoms with Crippen molar-refractivity contribution >= 4 is 23.1 Å². The van der Waals surface area contributed by atoms with Crippen molar-refractivity contribution < 1.29 is 9.32 Å². The zero-order valence-electron chi connectivity index (χ0n) is 9.20. The molecule has 2 aromatic rings. The molecule has 1 N–H and O–H groups in total. The summed E-state index contributed by atoms with van der Waals surface area (Å²) in [6.07, 6.45) is 0. The molecule has 0 atom stereocenters. The minimum Gasteiger partial charge on any atom is -0.359 e. The number of aromatic nitrogens is 2. The third kappa shape index (κ3) is 1.83. The van der Waals surface area contributed by atoms with Crippen LogP contribution in [0.4, 0.5) is 5.69 Å². The monoisotopic (exact) mass is 237 g/mol. The highest BCUT2D eigenvalue weighted by Crippen LogP contribution is 2.20. The Balaban J connectivity index is 2.24. The first-order valence-electron chi connectivity index (χ1n) is 4.74. The van der Waals surface area contributed by atoms with Crippen LogP contribution in [-0.2, 0) is 0 Å². The molecule has 0 saturated carbocycles. The number of carbonyl (C=O) groups excluding carboxylic acids is 1. The van der Waals surface area contributed by atoms with Gasteiger partial charge in [0.1, 0.15) is 11.4 Å². The highest BCUT2D eigenvalue weighted by molar-refractivity contribution is 7.04. The molecule has 5 nitrogen and oxygen atoms in total. The molecule has 0 aliphatic rings. The molecule has 0 saturated heterocycles. The predicted octanol–water partition coefficient (Wildman–Crippen LogP) is 2.31. The summed E-state index contributed by atoms with van der Waals surface area (Å²) in [6.45, 7) is 5.35. The van der Waals surface area contributed by atoms with Crippen molar-refractivity contribution in [1.29, 1.82) is 0 Å².